The molecule has 3 N–H and O–H groups in total. The average molecular weight is 1080 g/mol. The first-order chi connectivity index (χ1) is 37.6. The van der Waals surface area contributed by atoms with E-state index in [0.717, 1.165) is 148 Å². The van der Waals surface area contributed by atoms with Crippen molar-refractivity contribution in [1.82, 2.24) is 0 Å². The Balaban J connectivity index is 2.73. The molecule has 1 aliphatic heterocycles. The number of hydrogen-bond donors (Lipinski definition) is 3. The van der Waals surface area contributed by atoms with Gasteiger partial charge in [0.25, 0.3) is 0 Å². The van der Waals surface area contributed by atoms with Gasteiger partial charge in [-0.1, -0.05) is 194 Å². The zero-order valence-electron chi connectivity index (χ0n) is 47.7. The van der Waals surface area contributed by atoms with E-state index >= 15 is 0 Å². The summed E-state index contributed by atoms with van der Waals surface area (Å²) in [6.07, 6.45) is 58.8. The number of aliphatic carboxylic acids is 1. The molecular formula is C65H102O12. The fraction of sp³-hybridized carbons (Fsp3) is 0.631. The Morgan fingerprint density at radius 1 is 0.442 bits per heavy atom. The van der Waals surface area contributed by atoms with Crippen LogP contribution in [-0.2, 0) is 42.9 Å². The molecule has 0 amide bonds. The van der Waals surface area contributed by atoms with E-state index < -0.39 is 67.3 Å². The average Bonchev–Trinajstić information content (AvgIpc) is 3.42. The summed E-state index contributed by atoms with van der Waals surface area (Å²) in [4.78, 5) is 51.1. The Bertz CT molecular complexity index is 1800. The number of carbonyl (C=O) groups is 4. The van der Waals surface area contributed by atoms with Crippen molar-refractivity contribution in [2.45, 2.75) is 250 Å². The standard InChI is InChI=1S/C65H102O12/c1-4-7-10-13-16-19-22-25-27-28-29-30-32-34-36-39-42-45-48-51-57(66)73-54-56(75-58(67)52-49-46-43-40-37-33-24-21-18-15-12-9-6-3)55-74-65-63(61(70)60(69)62(77-65)64(71)72)76-59(68)53-50-47-44-41-38-35-31-26-23-20-17-14-11-8-5-2/h7-8,10-12,15-17,19-21,24-27,29-31,38,41,56,60-63,65,69-70H,4-6,9,13-14,18,22-23,28,32-37,39-40,42-55H2,1-3H3,(H,71,72)/b10-7-,11-8-,15-12-,19-16-,20-17-,24-21-,27-25-,30-29-,31-26-,41-38-. The van der Waals surface area contributed by atoms with Crippen LogP contribution < -0.4 is 0 Å². The van der Waals surface area contributed by atoms with E-state index in [2.05, 4.69) is 142 Å². The molecule has 1 saturated heterocycles. The first-order valence-corrected chi connectivity index (χ1v) is 29.5. The third-order valence-electron chi connectivity index (χ3n) is 12.5. The van der Waals surface area contributed by atoms with Gasteiger partial charge in [-0.15, -0.1) is 0 Å². The van der Waals surface area contributed by atoms with Crippen LogP contribution in [0.5, 0.6) is 0 Å². The summed E-state index contributed by atoms with van der Waals surface area (Å²) < 4.78 is 28.3. The SMILES string of the molecule is CC/C=C\C/C=C\C/C=C\C/C=C\CCCCCCCCC(=O)OCC(COC1OC(C(=O)O)C(O)C(O)C1OC(=O)CCCC/C=C\C/C=C\C/C=C\C/C=C\CC)OC(=O)CCCCCCC/C=C\C/C=C\CCC. The van der Waals surface area contributed by atoms with Crippen molar-refractivity contribution in [3.05, 3.63) is 122 Å². The van der Waals surface area contributed by atoms with Gasteiger partial charge in [-0.25, -0.2) is 4.79 Å². The van der Waals surface area contributed by atoms with Crippen LogP contribution in [-0.4, -0.2) is 89.2 Å². The molecule has 6 atom stereocenters. The van der Waals surface area contributed by atoms with Gasteiger partial charge in [-0.05, 0) is 122 Å². The lowest BCUT2D eigenvalue weighted by atomic mass is 9.98. The van der Waals surface area contributed by atoms with Crippen molar-refractivity contribution in [2.75, 3.05) is 13.2 Å². The fourth-order valence-electron chi connectivity index (χ4n) is 8.03. The highest BCUT2D eigenvalue weighted by molar-refractivity contribution is 5.74. The smallest absolute Gasteiger partial charge is 0.335 e. The number of rotatable bonds is 48. The second kappa shape index (κ2) is 51.9. The van der Waals surface area contributed by atoms with Crippen LogP contribution in [0.3, 0.4) is 0 Å². The van der Waals surface area contributed by atoms with Gasteiger partial charge in [0, 0.05) is 19.3 Å². The minimum Gasteiger partial charge on any atom is -0.479 e. The van der Waals surface area contributed by atoms with Crippen molar-refractivity contribution in [3.63, 3.8) is 0 Å². The molecule has 0 aromatic carbocycles. The summed E-state index contributed by atoms with van der Waals surface area (Å²) in [5.74, 6) is -3.23. The Kier molecular flexibility index (Phi) is 47.2. The molecular weight excluding hydrogens is 973 g/mol. The van der Waals surface area contributed by atoms with Gasteiger partial charge in [0.2, 0.25) is 0 Å². The second-order valence-electron chi connectivity index (χ2n) is 19.5. The third kappa shape index (κ3) is 41.8. The van der Waals surface area contributed by atoms with E-state index in [1.54, 1.807) is 0 Å². The number of carboxylic acids is 1. The van der Waals surface area contributed by atoms with Crippen LogP contribution in [0.25, 0.3) is 0 Å². The molecule has 1 heterocycles. The number of aliphatic hydroxyl groups is 2. The lowest BCUT2D eigenvalue weighted by Gasteiger charge is -2.40. The molecule has 0 bridgehead atoms. The quantitative estimate of drug-likeness (QED) is 0.0228. The molecule has 12 nitrogen and oxygen atoms in total. The lowest BCUT2D eigenvalue weighted by molar-refractivity contribution is -0.301. The van der Waals surface area contributed by atoms with Gasteiger partial charge < -0.3 is 39.0 Å². The Labute approximate surface area is 465 Å². The molecule has 1 aliphatic rings. The normalized spacial score (nSPS) is 18.9. The van der Waals surface area contributed by atoms with Gasteiger partial charge in [0.15, 0.2) is 24.6 Å². The highest BCUT2D eigenvalue weighted by atomic mass is 16.7. The predicted molar refractivity (Wildman–Crippen MR) is 312 cm³/mol. The van der Waals surface area contributed by atoms with Gasteiger partial charge in [-0.3, -0.25) is 14.4 Å². The molecule has 434 valence electrons. The maximum atomic E-state index is 13.1. The molecule has 0 aromatic rings. The van der Waals surface area contributed by atoms with E-state index in [-0.39, 0.29) is 25.9 Å². The number of esters is 3. The fourth-order valence-corrected chi connectivity index (χ4v) is 8.03. The van der Waals surface area contributed by atoms with Crippen LogP contribution in [0.4, 0.5) is 0 Å². The maximum Gasteiger partial charge on any atom is 0.335 e. The van der Waals surface area contributed by atoms with E-state index in [0.29, 0.717) is 25.7 Å². The molecule has 12 heteroatoms. The van der Waals surface area contributed by atoms with E-state index in [1.807, 2.05) is 0 Å². The number of unbranched alkanes of at least 4 members (excludes halogenated alkanes) is 14. The summed E-state index contributed by atoms with van der Waals surface area (Å²) >= 11 is 0. The van der Waals surface area contributed by atoms with Crippen molar-refractivity contribution in [2.24, 2.45) is 0 Å². The van der Waals surface area contributed by atoms with E-state index in [9.17, 15) is 34.5 Å². The zero-order chi connectivity index (χ0) is 56.1. The molecule has 0 radical (unpaired) electrons. The summed E-state index contributed by atoms with van der Waals surface area (Å²) in [6.45, 7) is 5.64. The minimum absolute atomic E-state index is 0.00115. The Hall–Kier alpha value is -4.88. The van der Waals surface area contributed by atoms with Crippen molar-refractivity contribution < 1.29 is 58.2 Å². The number of carboxylic acid groups (broad SMARTS) is 1. The molecule has 1 rings (SSSR count). The van der Waals surface area contributed by atoms with Crippen molar-refractivity contribution in [3.8, 4) is 0 Å². The molecule has 0 aromatic heterocycles. The topological polar surface area (TPSA) is 175 Å². The summed E-state index contributed by atoms with van der Waals surface area (Å²) in [6, 6.07) is 0. The van der Waals surface area contributed by atoms with Crippen LogP contribution >= 0.6 is 0 Å². The Morgan fingerprint density at radius 3 is 1.27 bits per heavy atom. The summed E-state index contributed by atoms with van der Waals surface area (Å²) in [7, 11) is 0. The highest BCUT2D eigenvalue weighted by Crippen LogP contribution is 2.26. The highest BCUT2D eigenvalue weighted by Gasteiger charge is 2.50. The third-order valence-corrected chi connectivity index (χ3v) is 12.5. The number of aliphatic hydroxyl groups excluding tert-OH is 2. The largest absolute Gasteiger partial charge is 0.479 e. The predicted octanol–water partition coefficient (Wildman–Crippen LogP) is 15.2. The van der Waals surface area contributed by atoms with Crippen LogP contribution in [0.1, 0.15) is 213 Å². The van der Waals surface area contributed by atoms with Gasteiger partial charge in [0.05, 0.1) is 6.61 Å². The molecule has 1 fully saturated rings. The van der Waals surface area contributed by atoms with Gasteiger partial charge in [-0.2, -0.15) is 0 Å². The molecule has 0 saturated carbocycles. The molecule has 0 spiro atoms. The minimum atomic E-state index is -1.93. The van der Waals surface area contributed by atoms with Gasteiger partial charge >= 0.3 is 23.9 Å². The number of allylic oxidation sites excluding steroid dienone is 20. The first-order valence-electron chi connectivity index (χ1n) is 29.5. The molecule has 0 aliphatic carbocycles. The van der Waals surface area contributed by atoms with Gasteiger partial charge in [0.1, 0.15) is 18.8 Å². The monoisotopic (exact) mass is 1070 g/mol. The first kappa shape index (κ1) is 70.1. The maximum absolute atomic E-state index is 13.1. The number of hydrogen-bond acceptors (Lipinski definition) is 11. The van der Waals surface area contributed by atoms with E-state index in [1.165, 1.54) is 0 Å². The second-order valence-corrected chi connectivity index (χ2v) is 19.5. The lowest BCUT2D eigenvalue weighted by Crippen LogP contribution is -2.61. The van der Waals surface area contributed by atoms with Crippen LogP contribution in [0.15, 0.2) is 122 Å². The van der Waals surface area contributed by atoms with Crippen LogP contribution in [0.2, 0.25) is 0 Å². The van der Waals surface area contributed by atoms with Crippen molar-refractivity contribution in [1.29, 1.82) is 0 Å². The number of carbonyl (C=O) groups excluding carboxylic acids is 3. The summed E-state index contributed by atoms with van der Waals surface area (Å²) in [5.41, 5.74) is 0. The molecule has 6 unspecified atom stereocenters. The van der Waals surface area contributed by atoms with E-state index in [4.69, 9.17) is 23.7 Å². The number of ether oxygens (including phenoxy) is 5. The zero-order valence-corrected chi connectivity index (χ0v) is 47.7. The molecule has 77 heavy (non-hydrogen) atoms. The Morgan fingerprint density at radius 2 is 0.818 bits per heavy atom. The summed E-state index contributed by atoms with van der Waals surface area (Å²) in [5, 5.41) is 31.5. The van der Waals surface area contributed by atoms with Crippen molar-refractivity contribution >= 4 is 23.9 Å². The van der Waals surface area contributed by atoms with Crippen LogP contribution in [0, 0.1) is 0 Å².